The molecule has 0 unspecified atom stereocenters. The molecule has 0 radical (unpaired) electrons. The third-order valence-electron chi connectivity index (χ3n) is 1.83. The minimum absolute atomic E-state index is 0.408. The van der Waals surface area contributed by atoms with Crippen molar-refractivity contribution < 1.29 is 4.74 Å². The molecule has 1 aromatic heterocycles. The van der Waals surface area contributed by atoms with Gasteiger partial charge >= 0.3 is 0 Å². The number of rotatable bonds is 2. The van der Waals surface area contributed by atoms with Crippen molar-refractivity contribution in [2.45, 2.75) is 10.3 Å². The normalized spacial score (nSPS) is 16.9. The Labute approximate surface area is 80.7 Å². The first kappa shape index (κ1) is 8.65. The van der Waals surface area contributed by atoms with Crippen molar-refractivity contribution >= 4 is 23.3 Å². The molecule has 2 heterocycles. The molecule has 4 N–H and O–H groups in total. The van der Waals surface area contributed by atoms with E-state index in [-0.39, 0.29) is 0 Å². The molecule has 0 amide bonds. The summed E-state index contributed by atoms with van der Waals surface area (Å²) >= 11 is 1.68. The van der Waals surface area contributed by atoms with E-state index in [0.717, 1.165) is 18.2 Å². The molecule has 4 nitrogen and oxygen atoms in total. The van der Waals surface area contributed by atoms with Crippen molar-refractivity contribution in [3.63, 3.8) is 0 Å². The van der Waals surface area contributed by atoms with E-state index in [4.69, 9.17) is 16.2 Å². The Kier molecular flexibility index (Phi) is 2.28. The molecule has 0 aromatic carbocycles. The number of nitrogens with two attached hydrogens (primary N) is 2. The van der Waals surface area contributed by atoms with Crippen LogP contribution >= 0.6 is 11.8 Å². The van der Waals surface area contributed by atoms with E-state index in [1.54, 1.807) is 17.8 Å². The van der Waals surface area contributed by atoms with Crippen molar-refractivity contribution in [3.8, 4) is 0 Å². The van der Waals surface area contributed by atoms with E-state index in [1.165, 1.54) is 0 Å². The van der Waals surface area contributed by atoms with Crippen LogP contribution in [-0.2, 0) is 4.74 Å². The highest BCUT2D eigenvalue weighted by Crippen LogP contribution is 2.28. The number of anilines is 2. The largest absolute Gasteiger partial charge is 0.396 e. The van der Waals surface area contributed by atoms with Crippen LogP contribution in [0.3, 0.4) is 0 Å². The van der Waals surface area contributed by atoms with Gasteiger partial charge in [-0.25, -0.2) is 4.98 Å². The Morgan fingerprint density at radius 1 is 1.38 bits per heavy atom. The third kappa shape index (κ3) is 1.87. The monoisotopic (exact) mass is 197 g/mol. The summed E-state index contributed by atoms with van der Waals surface area (Å²) in [5.41, 5.74) is 11.7. The lowest BCUT2D eigenvalue weighted by atomic mass is 10.4. The molecule has 1 aliphatic heterocycles. The lowest BCUT2D eigenvalue weighted by molar-refractivity contribution is 0.0455. The average molecular weight is 197 g/mol. The second-order valence-corrected chi connectivity index (χ2v) is 4.22. The first-order chi connectivity index (χ1) is 6.25. The van der Waals surface area contributed by atoms with Crippen LogP contribution in [0.15, 0.2) is 17.2 Å². The summed E-state index contributed by atoms with van der Waals surface area (Å²) in [6, 6.07) is 3.67. The lowest BCUT2D eigenvalue weighted by Gasteiger charge is -2.24. The molecule has 1 fully saturated rings. The summed E-state index contributed by atoms with van der Waals surface area (Å²) in [7, 11) is 0. The number of nitrogens with zero attached hydrogens (tertiary/aromatic N) is 1. The maximum Gasteiger partial charge on any atom is 0.147 e. The fraction of sp³-hybridized carbons (Fsp3) is 0.375. The standard InChI is InChI=1S/C8H11N3OS/c9-6-1-2-7(11-8(6)10)13-5-3-12-4-5/h1-2,5H,3-4,9H2,(H2,10,11). The molecule has 2 rings (SSSR count). The zero-order chi connectivity index (χ0) is 9.26. The Bertz CT molecular complexity index is 314. The first-order valence-electron chi connectivity index (χ1n) is 4.02. The summed E-state index contributed by atoms with van der Waals surface area (Å²) < 4.78 is 5.06. The van der Waals surface area contributed by atoms with Crippen LogP contribution in [0.5, 0.6) is 0 Å². The van der Waals surface area contributed by atoms with Gasteiger partial charge in [-0.3, -0.25) is 0 Å². The molecule has 70 valence electrons. The average Bonchev–Trinajstić information content (AvgIpc) is 2.04. The van der Waals surface area contributed by atoms with Crippen LogP contribution in [-0.4, -0.2) is 23.4 Å². The topological polar surface area (TPSA) is 74.2 Å². The van der Waals surface area contributed by atoms with Gasteiger partial charge in [-0.1, -0.05) is 11.8 Å². The van der Waals surface area contributed by atoms with Crippen LogP contribution in [0.1, 0.15) is 0 Å². The van der Waals surface area contributed by atoms with Crippen LogP contribution in [0.4, 0.5) is 11.5 Å². The number of nitrogen functional groups attached to an aromatic ring is 2. The Balaban J connectivity index is 2.07. The number of pyridine rings is 1. The van der Waals surface area contributed by atoms with Gasteiger partial charge in [0.2, 0.25) is 0 Å². The molecular formula is C8H11N3OS. The highest BCUT2D eigenvalue weighted by atomic mass is 32.2. The molecule has 0 spiro atoms. The second-order valence-electron chi connectivity index (χ2n) is 2.90. The van der Waals surface area contributed by atoms with Gasteiger partial charge in [0, 0.05) is 0 Å². The van der Waals surface area contributed by atoms with Crippen LogP contribution < -0.4 is 11.5 Å². The van der Waals surface area contributed by atoms with Gasteiger partial charge in [-0.2, -0.15) is 0 Å². The fourth-order valence-electron chi connectivity index (χ4n) is 0.985. The van der Waals surface area contributed by atoms with Gasteiger partial charge in [0.05, 0.1) is 29.2 Å². The summed E-state index contributed by atoms with van der Waals surface area (Å²) in [6.07, 6.45) is 0. The van der Waals surface area contributed by atoms with Gasteiger partial charge in [0.15, 0.2) is 0 Å². The van der Waals surface area contributed by atoms with Crippen molar-refractivity contribution in [2.75, 3.05) is 24.7 Å². The van der Waals surface area contributed by atoms with E-state index >= 15 is 0 Å². The highest BCUT2D eigenvalue weighted by molar-refractivity contribution is 8.00. The van der Waals surface area contributed by atoms with Gasteiger partial charge in [0.1, 0.15) is 5.82 Å². The fourth-order valence-corrected chi connectivity index (χ4v) is 1.95. The molecule has 0 bridgehead atoms. The van der Waals surface area contributed by atoms with Gasteiger partial charge in [-0.15, -0.1) is 0 Å². The molecule has 1 aromatic rings. The molecule has 13 heavy (non-hydrogen) atoms. The lowest BCUT2D eigenvalue weighted by Crippen LogP contribution is -2.30. The van der Waals surface area contributed by atoms with Crippen LogP contribution in [0, 0.1) is 0 Å². The van der Waals surface area contributed by atoms with Gasteiger partial charge < -0.3 is 16.2 Å². The van der Waals surface area contributed by atoms with E-state index in [0.29, 0.717) is 16.8 Å². The number of hydrogen-bond acceptors (Lipinski definition) is 5. The van der Waals surface area contributed by atoms with Crippen molar-refractivity contribution in [3.05, 3.63) is 12.1 Å². The maximum absolute atomic E-state index is 5.58. The van der Waals surface area contributed by atoms with Crippen LogP contribution in [0.2, 0.25) is 0 Å². The SMILES string of the molecule is Nc1ccc(SC2COC2)nc1N. The minimum atomic E-state index is 0.408. The predicted octanol–water partition coefficient (Wildman–Crippen LogP) is 0.737. The van der Waals surface area contributed by atoms with E-state index in [9.17, 15) is 0 Å². The molecule has 0 atom stereocenters. The van der Waals surface area contributed by atoms with Crippen molar-refractivity contribution in [1.82, 2.24) is 4.98 Å². The summed E-state index contributed by atoms with van der Waals surface area (Å²) in [4.78, 5) is 4.15. The summed E-state index contributed by atoms with van der Waals surface area (Å²) in [6.45, 7) is 1.60. The number of aromatic nitrogens is 1. The first-order valence-corrected chi connectivity index (χ1v) is 4.90. The number of thioether (sulfide) groups is 1. The Hall–Kier alpha value is -0.940. The molecule has 1 aliphatic rings. The molecule has 5 heteroatoms. The second kappa shape index (κ2) is 3.43. The number of ether oxygens (including phenoxy) is 1. The smallest absolute Gasteiger partial charge is 0.147 e. The van der Waals surface area contributed by atoms with E-state index in [2.05, 4.69) is 4.98 Å². The quantitative estimate of drug-likeness (QED) is 0.731. The molecule has 0 saturated carbocycles. The predicted molar refractivity (Wildman–Crippen MR) is 53.5 cm³/mol. The maximum atomic E-state index is 5.58. The Morgan fingerprint density at radius 2 is 2.15 bits per heavy atom. The molecular weight excluding hydrogens is 186 g/mol. The molecule has 0 aliphatic carbocycles. The van der Waals surface area contributed by atoms with Gasteiger partial charge in [-0.05, 0) is 12.1 Å². The minimum Gasteiger partial charge on any atom is -0.396 e. The highest BCUT2D eigenvalue weighted by Gasteiger charge is 2.20. The summed E-state index contributed by atoms with van der Waals surface area (Å²) in [5.74, 6) is 0.408. The van der Waals surface area contributed by atoms with Crippen molar-refractivity contribution in [1.29, 1.82) is 0 Å². The zero-order valence-electron chi connectivity index (χ0n) is 7.06. The number of hydrogen-bond donors (Lipinski definition) is 2. The van der Waals surface area contributed by atoms with Crippen LogP contribution in [0.25, 0.3) is 0 Å². The molecule has 1 saturated heterocycles. The summed E-state index contributed by atoms with van der Waals surface area (Å²) in [5, 5.41) is 1.44. The van der Waals surface area contributed by atoms with Crippen molar-refractivity contribution in [2.24, 2.45) is 0 Å². The third-order valence-corrected chi connectivity index (χ3v) is 2.90. The van der Waals surface area contributed by atoms with E-state index in [1.807, 2.05) is 6.07 Å². The van der Waals surface area contributed by atoms with Gasteiger partial charge in [0.25, 0.3) is 0 Å². The Morgan fingerprint density at radius 3 is 2.69 bits per heavy atom. The zero-order valence-corrected chi connectivity index (χ0v) is 7.88. The van der Waals surface area contributed by atoms with E-state index < -0.39 is 0 Å².